The molecule has 0 spiro atoms. The third-order valence-electron chi connectivity index (χ3n) is 5.03. The molecule has 2 aliphatic heterocycles. The van der Waals surface area contributed by atoms with E-state index in [1.165, 1.54) is 6.07 Å². The number of halogens is 2. The molecular formula is C17H17F2N3O3S. The number of anilines is 1. The Morgan fingerprint density at radius 2 is 2.04 bits per heavy atom. The summed E-state index contributed by atoms with van der Waals surface area (Å²) in [7, 11) is -3.12. The SMILES string of the molecule is Cc1nn([C@H]2CCS(=O)(=O)C2)c2c1[C@@H](c1ccc(F)c(F)c1)CC(=O)N2. The molecule has 0 aliphatic carbocycles. The van der Waals surface area contributed by atoms with Gasteiger partial charge in [0.25, 0.3) is 0 Å². The normalized spacial score (nSPS) is 24.3. The molecule has 1 saturated heterocycles. The Balaban J connectivity index is 1.81. The molecule has 1 N–H and O–H groups in total. The first-order valence-electron chi connectivity index (χ1n) is 8.29. The first-order valence-corrected chi connectivity index (χ1v) is 10.1. The monoisotopic (exact) mass is 381 g/mol. The zero-order valence-corrected chi connectivity index (χ0v) is 14.8. The Kier molecular flexibility index (Phi) is 3.87. The molecule has 6 nitrogen and oxygen atoms in total. The lowest BCUT2D eigenvalue weighted by Gasteiger charge is -2.25. The Morgan fingerprint density at radius 3 is 2.69 bits per heavy atom. The Morgan fingerprint density at radius 1 is 1.27 bits per heavy atom. The Hall–Kier alpha value is -2.29. The lowest BCUT2D eigenvalue weighted by atomic mass is 9.85. The number of nitrogens with zero attached hydrogens (tertiary/aromatic N) is 2. The highest BCUT2D eigenvalue weighted by atomic mass is 32.2. The average molecular weight is 381 g/mol. The van der Waals surface area contributed by atoms with Crippen LogP contribution >= 0.6 is 0 Å². The summed E-state index contributed by atoms with van der Waals surface area (Å²) in [4.78, 5) is 12.2. The third-order valence-corrected chi connectivity index (χ3v) is 6.78. The van der Waals surface area contributed by atoms with E-state index in [2.05, 4.69) is 10.4 Å². The predicted octanol–water partition coefficient (Wildman–Crippen LogP) is 2.30. The van der Waals surface area contributed by atoms with E-state index in [-0.39, 0.29) is 29.9 Å². The fourth-order valence-corrected chi connectivity index (χ4v) is 5.51. The topological polar surface area (TPSA) is 81.1 Å². The lowest BCUT2D eigenvalue weighted by Crippen LogP contribution is -2.26. The first kappa shape index (κ1) is 17.1. The van der Waals surface area contributed by atoms with Crippen molar-refractivity contribution < 1.29 is 22.0 Å². The molecular weight excluding hydrogens is 364 g/mol. The summed E-state index contributed by atoms with van der Waals surface area (Å²) in [5, 5.41) is 7.24. The van der Waals surface area contributed by atoms with E-state index in [0.29, 0.717) is 23.5 Å². The summed E-state index contributed by atoms with van der Waals surface area (Å²) in [6.07, 6.45) is 0.523. The average Bonchev–Trinajstić information content (AvgIpc) is 3.09. The minimum absolute atomic E-state index is 0.0216. The summed E-state index contributed by atoms with van der Waals surface area (Å²) in [6.45, 7) is 1.77. The van der Waals surface area contributed by atoms with Crippen LogP contribution in [0.2, 0.25) is 0 Å². The minimum atomic E-state index is -3.12. The number of aryl methyl sites for hydroxylation is 1. The number of amides is 1. The molecule has 2 aliphatic rings. The van der Waals surface area contributed by atoms with Crippen molar-refractivity contribution >= 4 is 21.6 Å². The van der Waals surface area contributed by atoms with Gasteiger partial charge in [0.2, 0.25) is 5.91 Å². The van der Waals surface area contributed by atoms with E-state index in [9.17, 15) is 22.0 Å². The van der Waals surface area contributed by atoms with Gasteiger partial charge < -0.3 is 5.32 Å². The summed E-state index contributed by atoms with van der Waals surface area (Å²) < 4.78 is 52.1. The maximum atomic E-state index is 13.7. The molecule has 0 radical (unpaired) electrons. The number of fused-ring (bicyclic) bond motifs is 1. The summed E-state index contributed by atoms with van der Waals surface area (Å²) in [5.74, 6) is -2.12. The van der Waals surface area contributed by atoms with Gasteiger partial charge in [-0.25, -0.2) is 21.9 Å². The highest BCUT2D eigenvalue weighted by Gasteiger charge is 2.37. The number of rotatable bonds is 2. The van der Waals surface area contributed by atoms with E-state index < -0.39 is 27.4 Å². The van der Waals surface area contributed by atoms with Gasteiger partial charge in [-0.3, -0.25) is 4.79 Å². The molecule has 2 aromatic rings. The highest BCUT2D eigenvalue weighted by Crippen LogP contribution is 2.41. The molecule has 9 heteroatoms. The number of aromatic nitrogens is 2. The molecule has 1 fully saturated rings. The van der Waals surface area contributed by atoms with Crippen molar-refractivity contribution in [1.29, 1.82) is 0 Å². The van der Waals surface area contributed by atoms with Gasteiger partial charge in [-0.15, -0.1) is 0 Å². The standard InChI is InChI=1S/C17H17F2N3O3S/c1-9-16-12(10-2-3-13(18)14(19)6-10)7-15(23)20-17(16)22(21-9)11-4-5-26(24,25)8-11/h2-3,6,11-12H,4-5,7-8H2,1H3,(H,20,23)/t11-,12+/m0/s1. The largest absolute Gasteiger partial charge is 0.311 e. The second-order valence-corrected chi connectivity index (χ2v) is 9.06. The first-order chi connectivity index (χ1) is 12.2. The zero-order valence-electron chi connectivity index (χ0n) is 14.0. The molecule has 1 aromatic carbocycles. The Labute approximate surface area is 149 Å². The number of nitrogens with one attached hydrogen (secondary N) is 1. The molecule has 1 aromatic heterocycles. The molecule has 138 valence electrons. The molecule has 0 saturated carbocycles. The van der Waals surface area contributed by atoms with Crippen molar-refractivity contribution in [3.63, 3.8) is 0 Å². The van der Waals surface area contributed by atoms with Crippen LogP contribution in [0.3, 0.4) is 0 Å². The van der Waals surface area contributed by atoms with Gasteiger partial charge >= 0.3 is 0 Å². The summed E-state index contributed by atoms with van der Waals surface area (Å²) in [5.41, 5.74) is 1.85. The molecule has 0 bridgehead atoms. The lowest BCUT2D eigenvalue weighted by molar-refractivity contribution is -0.116. The fraction of sp³-hybridized carbons (Fsp3) is 0.412. The zero-order chi connectivity index (χ0) is 18.6. The number of hydrogen-bond donors (Lipinski definition) is 1. The van der Waals surface area contributed by atoms with Crippen LogP contribution in [-0.4, -0.2) is 35.6 Å². The van der Waals surface area contributed by atoms with Crippen LogP contribution in [0.5, 0.6) is 0 Å². The number of benzene rings is 1. The smallest absolute Gasteiger partial charge is 0.226 e. The van der Waals surface area contributed by atoms with E-state index in [1.807, 2.05) is 0 Å². The van der Waals surface area contributed by atoms with Crippen molar-refractivity contribution in [2.75, 3.05) is 16.8 Å². The van der Waals surface area contributed by atoms with E-state index in [1.54, 1.807) is 11.6 Å². The minimum Gasteiger partial charge on any atom is -0.311 e. The van der Waals surface area contributed by atoms with Crippen LogP contribution in [0.15, 0.2) is 18.2 Å². The molecule has 4 rings (SSSR count). The van der Waals surface area contributed by atoms with Gasteiger partial charge in [0.1, 0.15) is 5.82 Å². The van der Waals surface area contributed by atoms with Gasteiger partial charge in [0, 0.05) is 17.9 Å². The number of sulfone groups is 1. The highest BCUT2D eigenvalue weighted by molar-refractivity contribution is 7.91. The quantitative estimate of drug-likeness (QED) is 0.866. The summed E-state index contributed by atoms with van der Waals surface area (Å²) in [6, 6.07) is 3.26. The van der Waals surface area contributed by atoms with Crippen LogP contribution in [-0.2, 0) is 14.6 Å². The number of carbonyl (C=O) groups is 1. The summed E-state index contributed by atoms with van der Waals surface area (Å²) >= 11 is 0. The van der Waals surface area contributed by atoms with Crippen LogP contribution in [0.1, 0.15) is 41.6 Å². The maximum Gasteiger partial charge on any atom is 0.226 e. The van der Waals surface area contributed by atoms with Gasteiger partial charge in [-0.05, 0) is 31.0 Å². The van der Waals surface area contributed by atoms with Gasteiger partial charge in [-0.1, -0.05) is 6.07 Å². The molecule has 0 unspecified atom stereocenters. The van der Waals surface area contributed by atoms with E-state index in [4.69, 9.17) is 0 Å². The number of carbonyl (C=O) groups excluding carboxylic acids is 1. The van der Waals surface area contributed by atoms with Gasteiger partial charge in [0.05, 0.1) is 23.2 Å². The molecule has 3 heterocycles. The van der Waals surface area contributed by atoms with Crippen LogP contribution in [0, 0.1) is 18.6 Å². The molecule has 1 amide bonds. The van der Waals surface area contributed by atoms with Gasteiger partial charge in [0.15, 0.2) is 21.5 Å². The van der Waals surface area contributed by atoms with Crippen molar-refractivity contribution in [3.8, 4) is 0 Å². The van der Waals surface area contributed by atoms with Crippen LogP contribution in [0.4, 0.5) is 14.6 Å². The predicted molar refractivity (Wildman–Crippen MR) is 90.7 cm³/mol. The van der Waals surface area contributed by atoms with Crippen molar-refractivity contribution in [3.05, 3.63) is 46.7 Å². The van der Waals surface area contributed by atoms with Crippen molar-refractivity contribution in [2.24, 2.45) is 0 Å². The molecule has 2 atom stereocenters. The maximum absolute atomic E-state index is 13.7. The van der Waals surface area contributed by atoms with Crippen LogP contribution < -0.4 is 5.32 Å². The van der Waals surface area contributed by atoms with E-state index >= 15 is 0 Å². The fourth-order valence-electron chi connectivity index (χ4n) is 3.82. The number of hydrogen-bond acceptors (Lipinski definition) is 4. The van der Waals surface area contributed by atoms with Crippen molar-refractivity contribution in [2.45, 2.75) is 31.7 Å². The van der Waals surface area contributed by atoms with Gasteiger partial charge in [-0.2, -0.15) is 5.10 Å². The second-order valence-electron chi connectivity index (χ2n) is 6.83. The third kappa shape index (κ3) is 2.80. The molecule has 26 heavy (non-hydrogen) atoms. The second kappa shape index (κ2) is 5.87. The van der Waals surface area contributed by atoms with Crippen LogP contribution in [0.25, 0.3) is 0 Å². The Bertz CT molecular complexity index is 1020. The van der Waals surface area contributed by atoms with Crippen molar-refractivity contribution in [1.82, 2.24) is 9.78 Å². The van der Waals surface area contributed by atoms with E-state index in [0.717, 1.165) is 17.7 Å².